The molecule has 0 fully saturated rings. The Hall–Kier alpha value is -1.61. The van der Waals surface area contributed by atoms with Gasteiger partial charge in [0.1, 0.15) is 5.82 Å². The summed E-state index contributed by atoms with van der Waals surface area (Å²) in [5, 5.41) is 0. The molecule has 2 heterocycles. The first kappa shape index (κ1) is 11.5. The molecule has 0 saturated carbocycles. The molecule has 3 heteroatoms. The number of fused-ring (bicyclic) bond motifs is 1. The van der Waals surface area contributed by atoms with Gasteiger partial charge >= 0.3 is 0 Å². The highest BCUT2D eigenvalue weighted by molar-refractivity contribution is 5.57. The summed E-state index contributed by atoms with van der Waals surface area (Å²) in [5.74, 6) is 1.12. The molecule has 3 nitrogen and oxygen atoms in total. The molecule has 1 aliphatic rings. The fourth-order valence-electron chi connectivity index (χ4n) is 2.76. The van der Waals surface area contributed by atoms with Crippen molar-refractivity contribution in [3.8, 4) is 11.4 Å². The van der Waals surface area contributed by atoms with Crippen molar-refractivity contribution in [3.05, 3.63) is 41.7 Å². The normalized spacial score (nSPS) is 14.5. The van der Waals surface area contributed by atoms with Gasteiger partial charge in [0.25, 0.3) is 0 Å². The Morgan fingerprint density at radius 2 is 2.00 bits per heavy atom. The first-order valence-electron chi connectivity index (χ1n) is 6.74. The van der Waals surface area contributed by atoms with E-state index in [1.165, 1.54) is 29.8 Å². The van der Waals surface area contributed by atoms with Crippen molar-refractivity contribution in [2.45, 2.75) is 32.2 Å². The topological polar surface area (TPSA) is 43.8 Å². The molecule has 0 saturated heterocycles. The molecule has 3 rings (SSSR count). The molecule has 0 atom stereocenters. The summed E-state index contributed by atoms with van der Waals surface area (Å²) >= 11 is 0. The van der Waals surface area contributed by atoms with Crippen LogP contribution < -0.4 is 5.73 Å². The van der Waals surface area contributed by atoms with Gasteiger partial charge in [-0.2, -0.15) is 0 Å². The maximum Gasteiger partial charge on any atom is 0.140 e. The zero-order valence-electron chi connectivity index (χ0n) is 10.6. The van der Waals surface area contributed by atoms with Crippen molar-refractivity contribution in [1.29, 1.82) is 0 Å². The molecular weight excluding hydrogens is 222 g/mol. The fraction of sp³-hybridized carbons (Fsp3) is 0.400. The molecule has 0 radical (unpaired) electrons. The molecule has 0 spiro atoms. The second kappa shape index (κ2) is 4.94. The summed E-state index contributed by atoms with van der Waals surface area (Å²) < 4.78 is 2.39. The van der Waals surface area contributed by atoms with E-state index in [2.05, 4.69) is 28.8 Å². The molecule has 1 aromatic carbocycles. The summed E-state index contributed by atoms with van der Waals surface area (Å²) in [7, 11) is 0. The lowest BCUT2D eigenvalue weighted by Gasteiger charge is -2.17. The number of imidazole rings is 1. The molecule has 1 aromatic heterocycles. The predicted molar refractivity (Wildman–Crippen MR) is 73.4 cm³/mol. The van der Waals surface area contributed by atoms with Crippen LogP contribution in [0.15, 0.2) is 30.3 Å². The van der Waals surface area contributed by atoms with Gasteiger partial charge in [-0.1, -0.05) is 30.3 Å². The summed E-state index contributed by atoms with van der Waals surface area (Å²) in [5.41, 5.74) is 9.52. The van der Waals surface area contributed by atoms with E-state index in [-0.39, 0.29) is 0 Å². The maximum atomic E-state index is 5.69. The monoisotopic (exact) mass is 241 g/mol. The van der Waals surface area contributed by atoms with Crippen LogP contribution in [0.25, 0.3) is 11.4 Å². The van der Waals surface area contributed by atoms with Gasteiger partial charge in [-0.25, -0.2) is 4.98 Å². The molecular formula is C15H19N3. The van der Waals surface area contributed by atoms with Gasteiger partial charge in [-0.15, -0.1) is 0 Å². The average molecular weight is 241 g/mol. The third kappa shape index (κ3) is 1.95. The van der Waals surface area contributed by atoms with E-state index in [1.807, 2.05) is 6.07 Å². The average Bonchev–Trinajstić information content (AvgIpc) is 2.80. The molecule has 94 valence electrons. The molecule has 0 unspecified atom stereocenters. The standard InChI is InChI=1S/C15H19N3/c16-10-9-13-14-8-4-5-11-18(14)15(17-13)12-6-2-1-3-7-12/h1-3,6-7H,4-5,8-11,16H2. The van der Waals surface area contributed by atoms with E-state index in [1.54, 1.807) is 0 Å². The molecule has 0 bridgehead atoms. The lowest BCUT2D eigenvalue weighted by Crippen LogP contribution is -2.13. The second-order valence-corrected chi connectivity index (χ2v) is 4.84. The largest absolute Gasteiger partial charge is 0.330 e. The van der Waals surface area contributed by atoms with Crippen LogP contribution in [0.3, 0.4) is 0 Å². The summed E-state index contributed by atoms with van der Waals surface area (Å²) in [6.45, 7) is 1.77. The lowest BCUT2D eigenvalue weighted by molar-refractivity contribution is 0.533. The van der Waals surface area contributed by atoms with Crippen molar-refractivity contribution in [2.24, 2.45) is 5.73 Å². The van der Waals surface area contributed by atoms with Gasteiger partial charge < -0.3 is 10.3 Å². The molecule has 1 aliphatic heterocycles. The number of nitrogens with zero attached hydrogens (tertiary/aromatic N) is 2. The Balaban J connectivity index is 2.09. The third-order valence-electron chi connectivity index (χ3n) is 3.61. The van der Waals surface area contributed by atoms with Gasteiger partial charge in [-0.05, 0) is 25.8 Å². The van der Waals surface area contributed by atoms with Crippen LogP contribution in [0.2, 0.25) is 0 Å². The molecule has 2 aromatic rings. The SMILES string of the molecule is NCCc1nc(-c2ccccc2)n2c1CCCC2. The maximum absolute atomic E-state index is 5.69. The second-order valence-electron chi connectivity index (χ2n) is 4.84. The molecule has 18 heavy (non-hydrogen) atoms. The molecule has 0 amide bonds. The molecule has 2 N–H and O–H groups in total. The number of hydrogen-bond donors (Lipinski definition) is 1. The number of aromatic nitrogens is 2. The van der Waals surface area contributed by atoms with E-state index in [9.17, 15) is 0 Å². The highest BCUT2D eigenvalue weighted by atomic mass is 15.1. The highest BCUT2D eigenvalue weighted by Crippen LogP contribution is 2.27. The quantitative estimate of drug-likeness (QED) is 0.896. The van der Waals surface area contributed by atoms with Crippen molar-refractivity contribution in [3.63, 3.8) is 0 Å². The minimum atomic E-state index is 0.679. The van der Waals surface area contributed by atoms with Crippen LogP contribution in [0.4, 0.5) is 0 Å². The number of hydrogen-bond acceptors (Lipinski definition) is 2. The first-order chi connectivity index (χ1) is 8.90. The molecule has 0 aliphatic carbocycles. The minimum absolute atomic E-state index is 0.679. The van der Waals surface area contributed by atoms with Crippen molar-refractivity contribution in [2.75, 3.05) is 6.54 Å². The lowest BCUT2D eigenvalue weighted by atomic mass is 10.1. The van der Waals surface area contributed by atoms with Gasteiger partial charge in [0.15, 0.2) is 0 Å². The van der Waals surface area contributed by atoms with Crippen LogP contribution in [0, 0.1) is 0 Å². The zero-order valence-corrected chi connectivity index (χ0v) is 10.6. The van der Waals surface area contributed by atoms with Gasteiger partial charge in [-0.3, -0.25) is 0 Å². The third-order valence-corrected chi connectivity index (χ3v) is 3.61. The Bertz CT molecular complexity index is 528. The Labute approximate surface area is 108 Å². The minimum Gasteiger partial charge on any atom is -0.330 e. The number of rotatable bonds is 3. The van der Waals surface area contributed by atoms with Crippen LogP contribution >= 0.6 is 0 Å². The van der Waals surface area contributed by atoms with Crippen molar-refractivity contribution >= 4 is 0 Å². The predicted octanol–water partition coefficient (Wildman–Crippen LogP) is 2.39. The van der Waals surface area contributed by atoms with Crippen LogP contribution in [0.1, 0.15) is 24.2 Å². The zero-order chi connectivity index (χ0) is 12.4. The van der Waals surface area contributed by atoms with E-state index in [0.29, 0.717) is 6.54 Å². The van der Waals surface area contributed by atoms with Gasteiger partial charge in [0.05, 0.1) is 5.69 Å². The smallest absolute Gasteiger partial charge is 0.140 e. The Morgan fingerprint density at radius 1 is 1.17 bits per heavy atom. The summed E-state index contributed by atoms with van der Waals surface area (Å²) in [4.78, 5) is 4.83. The van der Waals surface area contributed by atoms with Crippen LogP contribution in [-0.2, 0) is 19.4 Å². The van der Waals surface area contributed by atoms with E-state index >= 15 is 0 Å². The van der Waals surface area contributed by atoms with Crippen molar-refractivity contribution < 1.29 is 0 Å². The van der Waals surface area contributed by atoms with Crippen LogP contribution in [0.5, 0.6) is 0 Å². The number of nitrogens with two attached hydrogens (primary N) is 1. The summed E-state index contributed by atoms with van der Waals surface area (Å²) in [6.07, 6.45) is 4.57. The van der Waals surface area contributed by atoms with Gasteiger partial charge in [0.2, 0.25) is 0 Å². The van der Waals surface area contributed by atoms with E-state index in [4.69, 9.17) is 10.7 Å². The first-order valence-corrected chi connectivity index (χ1v) is 6.74. The Kier molecular flexibility index (Phi) is 3.15. The van der Waals surface area contributed by atoms with E-state index < -0.39 is 0 Å². The van der Waals surface area contributed by atoms with Crippen LogP contribution in [-0.4, -0.2) is 16.1 Å². The van der Waals surface area contributed by atoms with E-state index in [0.717, 1.165) is 25.2 Å². The Morgan fingerprint density at radius 3 is 2.78 bits per heavy atom. The number of benzene rings is 1. The highest BCUT2D eigenvalue weighted by Gasteiger charge is 2.19. The van der Waals surface area contributed by atoms with Crippen molar-refractivity contribution in [1.82, 2.24) is 9.55 Å². The summed E-state index contributed by atoms with van der Waals surface area (Å²) in [6, 6.07) is 10.5. The van der Waals surface area contributed by atoms with Gasteiger partial charge in [0, 0.05) is 24.2 Å². The fourth-order valence-corrected chi connectivity index (χ4v) is 2.76.